The molecule has 0 atom stereocenters. The largest absolute Gasteiger partial charge is 0.489 e. The van der Waals surface area contributed by atoms with Crippen LogP contribution in [0.15, 0.2) is 18.3 Å². The molecule has 1 amide bonds. The quantitative estimate of drug-likeness (QED) is 0.885. The van der Waals surface area contributed by atoms with E-state index in [1.54, 1.807) is 6.07 Å². The Hall–Kier alpha value is -2.31. The van der Waals surface area contributed by atoms with E-state index in [1.165, 1.54) is 12.3 Å². The van der Waals surface area contributed by atoms with Crippen LogP contribution in [-0.2, 0) is 4.74 Å². The average Bonchev–Trinajstić information content (AvgIpc) is 2.34. The summed E-state index contributed by atoms with van der Waals surface area (Å²) in [4.78, 5) is 26.1. The van der Waals surface area contributed by atoms with Crippen molar-refractivity contribution in [2.75, 3.05) is 0 Å². The van der Waals surface area contributed by atoms with Gasteiger partial charge in [-0.3, -0.25) is 0 Å². The van der Waals surface area contributed by atoms with Gasteiger partial charge in [0.25, 0.3) is 0 Å². The molecule has 7 heteroatoms. The van der Waals surface area contributed by atoms with Crippen molar-refractivity contribution >= 4 is 12.1 Å². The van der Waals surface area contributed by atoms with Crippen LogP contribution < -0.4 is 10.1 Å². The Bertz CT molecular complexity index is 544. The van der Waals surface area contributed by atoms with E-state index in [9.17, 15) is 9.59 Å². The summed E-state index contributed by atoms with van der Waals surface area (Å²) in [5.74, 6) is -0.553. The molecule has 2 N–H and O–H groups in total. The van der Waals surface area contributed by atoms with E-state index < -0.39 is 17.7 Å². The molecule has 120 valence electrons. The Morgan fingerprint density at radius 3 is 2.50 bits per heavy atom. The van der Waals surface area contributed by atoms with Gasteiger partial charge in [-0.2, -0.15) is 0 Å². The van der Waals surface area contributed by atoms with Crippen molar-refractivity contribution in [2.45, 2.75) is 51.4 Å². The van der Waals surface area contributed by atoms with E-state index >= 15 is 0 Å². The van der Waals surface area contributed by atoms with Gasteiger partial charge in [0.15, 0.2) is 0 Å². The van der Waals surface area contributed by atoms with Gasteiger partial charge in [0, 0.05) is 18.9 Å². The Balaban J connectivity index is 1.73. The molecule has 0 bridgehead atoms. The minimum atomic E-state index is -1.07. The van der Waals surface area contributed by atoms with Gasteiger partial charge in [-0.15, -0.1) is 0 Å². The number of alkyl carbamates (subject to hydrolysis) is 1. The predicted octanol–water partition coefficient (Wildman–Crippen LogP) is 2.21. The first-order valence-corrected chi connectivity index (χ1v) is 7.08. The number of ether oxygens (including phenoxy) is 2. The van der Waals surface area contributed by atoms with Gasteiger partial charge in [-0.25, -0.2) is 14.6 Å². The van der Waals surface area contributed by atoms with Crippen molar-refractivity contribution in [3.05, 3.63) is 24.0 Å². The van der Waals surface area contributed by atoms with E-state index in [-0.39, 0.29) is 17.8 Å². The highest BCUT2D eigenvalue weighted by atomic mass is 16.6. The van der Waals surface area contributed by atoms with Crippen molar-refractivity contribution in [1.29, 1.82) is 0 Å². The molecule has 0 radical (unpaired) electrons. The number of amides is 1. The van der Waals surface area contributed by atoms with Crippen molar-refractivity contribution in [3.8, 4) is 5.75 Å². The number of hydrogen-bond donors (Lipinski definition) is 2. The molecule has 0 aromatic carbocycles. The molecule has 0 spiro atoms. The normalized spacial score (nSPS) is 20.7. The third-order valence-corrected chi connectivity index (χ3v) is 3.07. The van der Waals surface area contributed by atoms with Crippen LogP contribution in [0.5, 0.6) is 5.75 Å². The molecular formula is C15H20N2O5. The van der Waals surface area contributed by atoms with E-state index in [1.807, 2.05) is 20.8 Å². The molecule has 1 fully saturated rings. The third kappa shape index (κ3) is 4.61. The highest BCUT2D eigenvalue weighted by Crippen LogP contribution is 2.26. The zero-order valence-corrected chi connectivity index (χ0v) is 12.8. The average molecular weight is 308 g/mol. The molecule has 1 heterocycles. The standard InChI is InChI=1S/C15H20N2O5/c1-15(2,3)22-14(20)17-9-6-11(7-9)21-10-4-5-12(13(18)19)16-8-10/h4-5,8-9,11H,6-7H2,1-3H3,(H,17,20)(H,18,19). The molecule has 1 saturated carbocycles. The molecule has 2 rings (SSSR count). The molecule has 1 aromatic rings. The van der Waals surface area contributed by atoms with Crippen LogP contribution in [0.25, 0.3) is 0 Å². The molecule has 1 aliphatic carbocycles. The Labute approximate surface area is 128 Å². The minimum absolute atomic E-state index is 0.0163. The topological polar surface area (TPSA) is 97.8 Å². The van der Waals surface area contributed by atoms with E-state index in [0.29, 0.717) is 18.6 Å². The molecule has 0 saturated heterocycles. The highest BCUT2D eigenvalue weighted by Gasteiger charge is 2.33. The molecule has 22 heavy (non-hydrogen) atoms. The van der Waals surface area contributed by atoms with Gasteiger partial charge in [0.05, 0.1) is 6.20 Å². The lowest BCUT2D eigenvalue weighted by molar-refractivity contribution is 0.0362. The van der Waals surface area contributed by atoms with Gasteiger partial charge in [0.2, 0.25) is 0 Å². The number of hydrogen-bond acceptors (Lipinski definition) is 5. The second kappa shape index (κ2) is 6.21. The van der Waals surface area contributed by atoms with Crippen molar-refractivity contribution in [3.63, 3.8) is 0 Å². The maximum absolute atomic E-state index is 11.6. The van der Waals surface area contributed by atoms with E-state index in [2.05, 4.69) is 10.3 Å². The number of aromatic carboxylic acids is 1. The van der Waals surface area contributed by atoms with Gasteiger partial charge in [-0.1, -0.05) is 0 Å². The molecule has 1 aliphatic rings. The van der Waals surface area contributed by atoms with Crippen LogP contribution >= 0.6 is 0 Å². The summed E-state index contributed by atoms with van der Waals surface area (Å²) in [7, 11) is 0. The van der Waals surface area contributed by atoms with Crippen LogP contribution in [0.2, 0.25) is 0 Å². The number of pyridine rings is 1. The van der Waals surface area contributed by atoms with Crippen LogP contribution in [0, 0.1) is 0 Å². The van der Waals surface area contributed by atoms with Gasteiger partial charge >= 0.3 is 12.1 Å². The zero-order chi connectivity index (χ0) is 16.3. The van der Waals surface area contributed by atoms with E-state index in [0.717, 1.165) is 0 Å². The highest BCUT2D eigenvalue weighted by molar-refractivity contribution is 5.85. The fourth-order valence-electron chi connectivity index (χ4n) is 2.02. The zero-order valence-electron chi connectivity index (χ0n) is 12.8. The first kappa shape index (κ1) is 16.1. The Morgan fingerprint density at radius 1 is 1.32 bits per heavy atom. The lowest BCUT2D eigenvalue weighted by Gasteiger charge is -2.36. The first-order valence-electron chi connectivity index (χ1n) is 7.08. The fourth-order valence-corrected chi connectivity index (χ4v) is 2.02. The molecule has 0 aliphatic heterocycles. The summed E-state index contributed by atoms with van der Waals surface area (Å²) in [6.07, 6.45) is 2.30. The number of rotatable bonds is 4. The first-order chi connectivity index (χ1) is 10.2. The van der Waals surface area contributed by atoms with Crippen LogP contribution in [0.3, 0.4) is 0 Å². The number of nitrogens with zero attached hydrogens (tertiary/aromatic N) is 1. The van der Waals surface area contributed by atoms with Crippen molar-refractivity contribution in [2.24, 2.45) is 0 Å². The molecule has 0 unspecified atom stereocenters. The second-order valence-electron chi connectivity index (χ2n) is 6.24. The summed E-state index contributed by atoms with van der Waals surface area (Å²) < 4.78 is 10.8. The Morgan fingerprint density at radius 2 is 2.00 bits per heavy atom. The van der Waals surface area contributed by atoms with Gasteiger partial charge in [-0.05, 0) is 32.9 Å². The number of carboxylic acids is 1. The second-order valence-corrected chi connectivity index (χ2v) is 6.24. The van der Waals surface area contributed by atoms with Crippen LogP contribution in [-0.4, -0.2) is 39.9 Å². The van der Waals surface area contributed by atoms with Gasteiger partial charge < -0.3 is 19.9 Å². The summed E-state index contributed by atoms with van der Waals surface area (Å²) in [6.45, 7) is 5.44. The van der Waals surface area contributed by atoms with Crippen molar-refractivity contribution < 1.29 is 24.2 Å². The summed E-state index contributed by atoms with van der Waals surface area (Å²) in [5, 5.41) is 11.5. The number of nitrogens with one attached hydrogen (secondary N) is 1. The van der Waals surface area contributed by atoms with Crippen molar-refractivity contribution in [1.82, 2.24) is 10.3 Å². The van der Waals surface area contributed by atoms with E-state index in [4.69, 9.17) is 14.6 Å². The smallest absolute Gasteiger partial charge is 0.407 e. The van der Waals surface area contributed by atoms with Gasteiger partial charge in [0.1, 0.15) is 23.1 Å². The monoisotopic (exact) mass is 308 g/mol. The summed E-state index contributed by atoms with van der Waals surface area (Å²) in [6, 6.07) is 3.00. The molecule has 7 nitrogen and oxygen atoms in total. The summed E-state index contributed by atoms with van der Waals surface area (Å²) >= 11 is 0. The molecular weight excluding hydrogens is 288 g/mol. The molecule has 1 aromatic heterocycles. The summed E-state index contributed by atoms with van der Waals surface area (Å²) in [5.41, 5.74) is -0.535. The number of carbonyl (C=O) groups is 2. The third-order valence-electron chi connectivity index (χ3n) is 3.07. The lowest BCUT2D eigenvalue weighted by atomic mass is 9.89. The predicted molar refractivity (Wildman–Crippen MR) is 78.0 cm³/mol. The SMILES string of the molecule is CC(C)(C)OC(=O)NC1CC(Oc2ccc(C(=O)O)nc2)C1. The number of carboxylic acid groups (broad SMARTS) is 1. The fraction of sp³-hybridized carbons (Fsp3) is 0.533. The lowest BCUT2D eigenvalue weighted by Crippen LogP contribution is -2.50. The Kier molecular flexibility index (Phi) is 4.54. The van der Waals surface area contributed by atoms with Crippen LogP contribution in [0.1, 0.15) is 44.1 Å². The van der Waals surface area contributed by atoms with Crippen LogP contribution in [0.4, 0.5) is 4.79 Å². The maximum atomic E-state index is 11.6. The maximum Gasteiger partial charge on any atom is 0.407 e. The minimum Gasteiger partial charge on any atom is -0.489 e. The number of carbonyl (C=O) groups excluding carboxylic acids is 1. The number of aromatic nitrogens is 1.